The van der Waals surface area contributed by atoms with Crippen LogP contribution >= 0.6 is 0 Å². The maximum Gasteiger partial charge on any atom is 0.313 e. The van der Waals surface area contributed by atoms with Crippen LogP contribution in [0.5, 0.6) is 0 Å². The number of alkyl halides is 2. The third-order valence-corrected chi connectivity index (χ3v) is 2.53. The van der Waals surface area contributed by atoms with Crippen LogP contribution in [0.15, 0.2) is 29.6 Å². The molecule has 19 heavy (non-hydrogen) atoms. The maximum absolute atomic E-state index is 13.4. The number of allylic oxidation sites excluding steroid dienone is 3. The number of halogens is 2. The van der Waals surface area contributed by atoms with Crippen molar-refractivity contribution in [2.24, 2.45) is 0 Å². The first-order chi connectivity index (χ1) is 8.44. The van der Waals surface area contributed by atoms with E-state index < -0.39 is 17.2 Å². The Morgan fingerprint density at radius 3 is 2.84 bits per heavy atom. The van der Waals surface area contributed by atoms with E-state index in [1.54, 1.807) is 24.3 Å². The molecule has 0 amide bonds. The molecule has 100 valence electrons. The molecule has 2 rings (SSSR count). The number of H-pyrrole nitrogens is 1. The zero-order valence-corrected chi connectivity index (χ0v) is 13.0. The quantitative estimate of drug-likeness (QED) is 0.554. The van der Waals surface area contributed by atoms with Crippen LogP contribution in [-0.2, 0) is 27.0 Å². The van der Waals surface area contributed by atoms with E-state index in [-0.39, 0.29) is 21.1 Å². The van der Waals surface area contributed by atoms with Crippen molar-refractivity contribution >= 4 is 12.2 Å². The molecule has 0 atom stereocenters. The SMILES string of the molecule is C=CC(F)(F)c1nc2c([nH]c1=O)=C[C-](C)C=CC=2.[W]. The van der Waals surface area contributed by atoms with Crippen LogP contribution in [0, 0.1) is 5.92 Å². The van der Waals surface area contributed by atoms with Crippen LogP contribution in [0.3, 0.4) is 0 Å². The summed E-state index contributed by atoms with van der Waals surface area (Å²) >= 11 is 0. The van der Waals surface area contributed by atoms with Crippen molar-refractivity contribution in [1.82, 2.24) is 9.97 Å². The van der Waals surface area contributed by atoms with E-state index in [9.17, 15) is 13.6 Å². The molecule has 0 spiro atoms. The van der Waals surface area contributed by atoms with Gasteiger partial charge in [0, 0.05) is 26.4 Å². The average Bonchev–Trinajstić information content (AvgIpc) is 2.48. The fourth-order valence-corrected chi connectivity index (χ4v) is 1.60. The molecule has 0 radical (unpaired) electrons. The first-order valence-corrected chi connectivity index (χ1v) is 5.30. The molecule has 1 aliphatic rings. The van der Waals surface area contributed by atoms with Gasteiger partial charge in [0.25, 0.3) is 5.56 Å². The second kappa shape index (κ2) is 5.66. The van der Waals surface area contributed by atoms with Gasteiger partial charge in [-0.05, 0) is 11.4 Å². The fraction of sp³-hybridized carbons (Fsp3) is 0.154. The topological polar surface area (TPSA) is 45.8 Å². The molecule has 0 saturated carbocycles. The van der Waals surface area contributed by atoms with Crippen molar-refractivity contribution < 1.29 is 29.8 Å². The molecule has 0 saturated heterocycles. The van der Waals surface area contributed by atoms with Gasteiger partial charge in [-0.25, -0.2) is 0 Å². The number of aromatic nitrogens is 2. The predicted molar refractivity (Wildman–Crippen MR) is 65.2 cm³/mol. The monoisotopic (exact) mass is 433 g/mol. The smallest absolute Gasteiger partial charge is 0.313 e. The molecule has 0 aliphatic heterocycles. The van der Waals surface area contributed by atoms with E-state index in [0.717, 1.165) is 5.92 Å². The van der Waals surface area contributed by atoms with Crippen molar-refractivity contribution in [2.45, 2.75) is 12.8 Å². The number of hydrogen-bond donors (Lipinski definition) is 1. The average molecular weight is 433 g/mol. The van der Waals surface area contributed by atoms with E-state index in [2.05, 4.69) is 16.5 Å². The summed E-state index contributed by atoms with van der Waals surface area (Å²) in [5.41, 5.74) is -1.74. The van der Waals surface area contributed by atoms with Gasteiger partial charge in [-0.3, -0.25) is 9.78 Å². The second-order valence-electron chi connectivity index (χ2n) is 3.95. The Bertz CT molecular complexity index is 692. The van der Waals surface area contributed by atoms with Gasteiger partial charge in [-0.1, -0.05) is 13.5 Å². The van der Waals surface area contributed by atoms with Gasteiger partial charge in [0.15, 0.2) is 5.69 Å². The molecule has 6 heteroatoms. The Hall–Kier alpha value is -1.48. The Labute approximate surface area is 122 Å². The molecular weight excluding hydrogens is 422 g/mol. The van der Waals surface area contributed by atoms with Crippen molar-refractivity contribution in [3.63, 3.8) is 0 Å². The summed E-state index contributed by atoms with van der Waals surface area (Å²) in [6.45, 7) is 4.85. The van der Waals surface area contributed by atoms with E-state index in [1.165, 1.54) is 0 Å². The Balaban J connectivity index is 0.00000180. The van der Waals surface area contributed by atoms with Crippen molar-refractivity contribution in [3.8, 4) is 0 Å². The zero-order chi connectivity index (χ0) is 13.3. The van der Waals surface area contributed by atoms with E-state index in [1.807, 2.05) is 6.92 Å². The number of nitrogens with zero attached hydrogens (tertiary/aromatic N) is 1. The summed E-state index contributed by atoms with van der Waals surface area (Å²) in [7, 11) is 0. The molecular formula is C13H11F2N2OW-. The molecule has 1 aromatic heterocycles. The van der Waals surface area contributed by atoms with Crippen LogP contribution in [0.2, 0.25) is 0 Å². The molecule has 0 aromatic carbocycles. The Morgan fingerprint density at radius 2 is 2.21 bits per heavy atom. The first kappa shape index (κ1) is 15.6. The summed E-state index contributed by atoms with van der Waals surface area (Å²) in [6, 6.07) is 0. The van der Waals surface area contributed by atoms with Crippen molar-refractivity contribution in [1.29, 1.82) is 0 Å². The van der Waals surface area contributed by atoms with Gasteiger partial charge in [0.05, 0.1) is 0 Å². The van der Waals surface area contributed by atoms with Crippen LogP contribution in [0.4, 0.5) is 8.78 Å². The predicted octanol–water partition coefficient (Wildman–Crippen LogP) is 0.770. The first-order valence-electron chi connectivity index (χ1n) is 5.30. The number of aromatic amines is 1. The minimum absolute atomic E-state index is 0. The van der Waals surface area contributed by atoms with E-state index in [4.69, 9.17) is 0 Å². The maximum atomic E-state index is 13.4. The summed E-state index contributed by atoms with van der Waals surface area (Å²) in [5, 5.41) is 0.727. The summed E-state index contributed by atoms with van der Waals surface area (Å²) in [4.78, 5) is 17.8. The van der Waals surface area contributed by atoms with Crippen LogP contribution in [-0.4, -0.2) is 9.97 Å². The standard InChI is InChI=1S/C13H11F2N2O.W/c1-3-13(14,15)11-12(18)17-10-7-8(2)5-4-6-9(10)16-11;/h3-7H,1H2,2H3,(H,17,18);/q-1;. The van der Waals surface area contributed by atoms with Crippen molar-refractivity contribution in [3.05, 3.63) is 57.5 Å². The molecule has 1 heterocycles. The van der Waals surface area contributed by atoms with E-state index in [0.29, 0.717) is 16.8 Å². The Kier molecular flexibility index (Phi) is 4.64. The Morgan fingerprint density at radius 1 is 1.53 bits per heavy atom. The number of hydrogen-bond acceptors (Lipinski definition) is 2. The van der Waals surface area contributed by atoms with E-state index >= 15 is 0 Å². The summed E-state index contributed by atoms with van der Waals surface area (Å²) in [5.74, 6) is -2.55. The van der Waals surface area contributed by atoms with Crippen LogP contribution < -0.4 is 16.3 Å². The number of rotatable bonds is 2. The van der Waals surface area contributed by atoms with Crippen LogP contribution in [0.1, 0.15) is 12.6 Å². The molecule has 1 aromatic rings. The molecule has 0 fully saturated rings. The third-order valence-electron chi connectivity index (χ3n) is 2.53. The largest absolute Gasteiger partial charge is 0.371 e. The normalized spacial score (nSPS) is 13.5. The molecule has 0 bridgehead atoms. The molecule has 3 nitrogen and oxygen atoms in total. The molecule has 1 aliphatic carbocycles. The van der Waals surface area contributed by atoms with Gasteiger partial charge in [0.2, 0.25) is 0 Å². The molecule has 0 unspecified atom stereocenters. The zero-order valence-electron chi connectivity index (χ0n) is 10.1. The summed E-state index contributed by atoms with van der Waals surface area (Å²) in [6.07, 6.45) is 7.15. The minimum Gasteiger partial charge on any atom is -0.371 e. The van der Waals surface area contributed by atoms with Crippen molar-refractivity contribution in [2.75, 3.05) is 0 Å². The minimum atomic E-state index is -3.44. The fourth-order valence-electron chi connectivity index (χ4n) is 1.60. The van der Waals surface area contributed by atoms with Crippen LogP contribution in [0.25, 0.3) is 12.2 Å². The van der Waals surface area contributed by atoms with Gasteiger partial charge >= 0.3 is 5.92 Å². The summed E-state index contributed by atoms with van der Waals surface area (Å²) < 4.78 is 26.9. The molecule has 1 N–H and O–H groups in total. The number of fused-ring (bicyclic) bond motifs is 1. The number of nitrogens with one attached hydrogen (secondary N) is 1. The van der Waals surface area contributed by atoms with Gasteiger partial charge < -0.3 is 4.98 Å². The van der Waals surface area contributed by atoms with Gasteiger partial charge in [0.1, 0.15) is 0 Å². The third kappa shape index (κ3) is 3.10. The van der Waals surface area contributed by atoms with Gasteiger partial charge in [-0.15, -0.1) is 12.2 Å². The second-order valence-corrected chi connectivity index (χ2v) is 3.95. The van der Waals surface area contributed by atoms with Gasteiger partial charge in [-0.2, -0.15) is 26.9 Å².